The number of hydrogen-bond donors (Lipinski definition) is 1. The van der Waals surface area contributed by atoms with Crippen LogP contribution in [-0.4, -0.2) is 18.2 Å². The van der Waals surface area contributed by atoms with Gasteiger partial charge in [0.1, 0.15) is 11.9 Å². The molecule has 1 aliphatic carbocycles. The van der Waals surface area contributed by atoms with Crippen molar-refractivity contribution >= 4 is 5.97 Å². The number of benzene rings is 1. The fraction of sp³-hybridized carbons (Fsp3) is 0.312. The van der Waals surface area contributed by atoms with Gasteiger partial charge in [-0.15, -0.1) is 0 Å². The minimum Gasteiger partial charge on any atom is -0.463 e. The van der Waals surface area contributed by atoms with E-state index in [1.165, 1.54) is 30.7 Å². The Morgan fingerprint density at radius 3 is 2.85 bits per heavy atom. The molecule has 0 saturated carbocycles. The lowest BCUT2D eigenvalue weighted by atomic mass is 10.0. The predicted octanol–water partition coefficient (Wildman–Crippen LogP) is 2.64. The maximum atomic E-state index is 11.3. The van der Waals surface area contributed by atoms with Crippen LogP contribution in [-0.2, 0) is 17.6 Å². The normalized spacial score (nSPS) is 14.9. The first-order chi connectivity index (χ1) is 9.69. The number of carbonyl (C=O) groups is 1. The lowest BCUT2D eigenvalue weighted by Crippen LogP contribution is -2.01. The van der Waals surface area contributed by atoms with E-state index < -0.39 is 12.1 Å². The third-order valence-corrected chi connectivity index (χ3v) is 3.72. The van der Waals surface area contributed by atoms with E-state index in [4.69, 9.17) is 4.42 Å². The van der Waals surface area contributed by atoms with E-state index in [0.29, 0.717) is 5.76 Å². The fourth-order valence-corrected chi connectivity index (χ4v) is 2.64. The Kier molecular flexibility index (Phi) is 3.32. The standard InChI is InChI=1S/C16H16O4/c1-19-16(18)14-8-7-13(20-14)15(17)12-6-5-10-3-2-4-11(10)9-12/h5-9,15,17H,2-4H2,1H3. The SMILES string of the molecule is COC(=O)c1ccc(C(O)c2ccc3c(c2)CCC3)o1. The molecule has 1 heterocycles. The molecule has 1 aliphatic rings. The van der Waals surface area contributed by atoms with Crippen LogP contribution in [0.4, 0.5) is 0 Å². The molecular formula is C16H16O4. The van der Waals surface area contributed by atoms with Crippen LogP contribution in [0.2, 0.25) is 0 Å². The zero-order chi connectivity index (χ0) is 14.1. The summed E-state index contributed by atoms with van der Waals surface area (Å²) in [5, 5.41) is 10.3. The van der Waals surface area contributed by atoms with E-state index in [1.807, 2.05) is 12.1 Å². The molecule has 4 nitrogen and oxygen atoms in total. The maximum Gasteiger partial charge on any atom is 0.373 e. The number of esters is 1. The number of methoxy groups -OCH3 is 1. The van der Waals surface area contributed by atoms with Crippen molar-refractivity contribution in [1.82, 2.24) is 0 Å². The molecule has 1 unspecified atom stereocenters. The van der Waals surface area contributed by atoms with Crippen LogP contribution >= 0.6 is 0 Å². The molecular weight excluding hydrogens is 256 g/mol. The monoisotopic (exact) mass is 272 g/mol. The number of aliphatic hydroxyl groups excluding tert-OH is 1. The number of hydrogen-bond acceptors (Lipinski definition) is 4. The molecule has 0 aliphatic heterocycles. The first-order valence-corrected chi connectivity index (χ1v) is 6.67. The van der Waals surface area contributed by atoms with Crippen LogP contribution in [0.5, 0.6) is 0 Å². The van der Waals surface area contributed by atoms with Crippen LogP contribution in [0.15, 0.2) is 34.7 Å². The van der Waals surface area contributed by atoms with Crippen LogP contribution in [0.3, 0.4) is 0 Å². The Labute approximate surface area is 117 Å². The molecule has 1 aromatic carbocycles. The molecule has 0 spiro atoms. The van der Waals surface area contributed by atoms with Crippen molar-refractivity contribution in [3.05, 3.63) is 58.5 Å². The highest BCUT2D eigenvalue weighted by Gasteiger charge is 2.20. The van der Waals surface area contributed by atoms with Gasteiger partial charge in [-0.25, -0.2) is 4.79 Å². The summed E-state index contributed by atoms with van der Waals surface area (Å²) in [7, 11) is 1.29. The summed E-state index contributed by atoms with van der Waals surface area (Å²) in [6.07, 6.45) is 2.47. The van der Waals surface area contributed by atoms with Gasteiger partial charge in [-0.3, -0.25) is 0 Å². The second-order valence-electron chi connectivity index (χ2n) is 4.98. The Morgan fingerprint density at radius 1 is 1.25 bits per heavy atom. The summed E-state index contributed by atoms with van der Waals surface area (Å²) in [5.41, 5.74) is 3.44. The average molecular weight is 272 g/mol. The van der Waals surface area contributed by atoms with Crippen molar-refractivity contribution in [2.45, 2.75) is 25.4 Å². The Bertz CT molecular complexity index is 642. The molecule has 0 saturated heterocycles. The molecule has 1 N–H and O–H groups in total. The smallest absolute Gasteiger partial charge is 0.373 e. The zero-order valence-electron chi connectivity index (χ0n) is 11.3. The summed E-state index contributed by atoms with van der Waals surface area (Å²) in [4.78, 5) is 11.3. The lowest BCUT2D eigenvalue weighted by Gasteiger charge is -2.10. The summed E-state index contributed by atoms with van der Waals surface area (Å²) in [6, 6.07) is 9.11. The number of furan rings is 1. The van der Waals surface area contributed by atoms with Gasteiger partial charge in [-0.1, -0.05) is 18.2 Å². The van der Waals surface area contributed by atoms with Crippen molar-refractivity contribution in [1.29, 1.82) is 0 Å². The van der Waals surface area contributed by atoms with E-state index in [9.17, 15) is 9.90 Å². The second-order valence-corrected chi connectivity index (χ2v) is 4.98. The summed E-state index contributed by atoms with van der Waals surface area (Å²) >= 11 is 0. The predicted molar refractivity (Wildman–Crippen MR) is 72.6 cm³/mol. The maximum absolute atomic E-state index is 11.3. The van der Waals surface area contributed by atoms with Crippen LogP contribution in [0.25, 0.3) is 0 Å². The quantitative estimate of drug-likeness (QED) is 0.873. The molecule has 104 valence electrons. The molecule has 1 aromatic heterocycles. The van der Waals surface area contributed by atoms with Gasteiger partial charge >= 0.3 is 5.97 Å². The molecule has 4 heteroatoms. The van der Waals surface area contributed by atoms with E-state index in [1.54, 1.807) is 6.07 Å². The first kappa shape index (κ1) is 12.9. The van der Waals surface area contributed by atoms with Crippen molar-refractivity contribution < 1.29 is 19.1 Å². The van der Waals surface area contributed by atoms with E-state index in [2.05, 4.69) is 10.8 Å². The van der Waals surface area contributed by atoms with E-state index in [0.717, 1.165) is 18.4 Å². The molecule has 0 amide bonds. The number of ether oxygens (including phenoxy) is 1. The van der Waals surface area contributed by atoms with Gasteiger partial charge in [-0.05, 0) is 48.1 Å². The number of rotatable bonds is 3. The van der Waals surface area contributed by atoms with Crippen LogP contribution in [0, 0.1) is 0 Å². The number of fused-ring (bicyclic) bond motifs is 1. The molecule has 0 bridgehead atoms. The van der Waals surface area contributed by atoms with Gasteiger partial charge < -0.3 is 14.3 Å². The average Bonchev–Trinajstić information content (AvgIpc) is 3.13. The fourth-order valence-electron chi connectivity index (χ4n) is 2.64. The molecule has 0 fully saturated rings. The highest BCUT2D eigenvalue weighted by Crippen LogP contribution is 2.29. The largest absolute Gasteiger partial charge is 0.463 e. The first-order valence-electron chi connectivity index (χ1n) is 6.67. The minimum atomic E-state index is -0.862. The lowest BCUT2D eigenvalue weighted by molar-refractivity contribution is 0.0558. The topological polar surface area (TPSA) is 59.7 Å². The molecule has 3 rings (SSSR count). The summed E-state index contributed by atoms with van der Waals surface area (Å²) < 4.78 is 9.93. The van der Waals surface area contributed by atoms with Crippen molar-refractivity contribution in [2.24, 2.45) is 0 Å². The van der Waals surface area contributed by atoms with E-state index in [-0.39, 0.29) is 5.76 Å². The second kappa shape index (κ2) is 5.13. The minimum absolute atomic E-state index is 0.0997. The van der Waals surface area contributed by atoms with Crippen molar-refractivity contribution in [3.63, 3.8) is 0 Å². The Morgan fingerprint density at radius 2 is 2.05 bits per heavy atom. The van der Waals surface area contributed by atoms with Gasteiger partial charge in [0.25, 0.3) is 0 Å². The summed E-state index contributed by atoms with van der Waals surface area (Å²) in [6.45, 7) is 0. The van der Waals surface area contributed by atoms with Crippen LogP contribution in [0.1, 0.15) is 45.5 Å². The van der Waals surface area contributed by atoms with Gasteiger partial charge in [0.2, 0.25) is 5.76 Å². The molecule has 1 atom stereocenters. The van der Waals surface area contributed by atoms with Crippen LogP contribution < -0.4 is 0 Å². The van der Waals surface area contributed by atoms with Crippen molar-refractivity contribution in [2.75, 3.05) is 7.11 Å². The van der Waals surface area contributed by atoms with E-state index >= 15 is 0 Å². The number of aliphatic hydroxyl groups is 1. The Hall–Kier alpha value is -2.07. The van der Waals surface area contributed by atoms with Gasteiger partial charge in [0, 0.05) is 0 Å². The number of aryl methyl sites for hydroxylation is 2. The third-order valence-electron chi connectivity index (χ3n) is 3.72. The summed E-state index contributed by atoms with van der Waals surface area (Å²) in [5.74, 6) is -0.0940. The Balaban J connectivity index is 1.86. The molecule has 20 heavy (non-hydrogen) atoms. The molecule has 2 aromatic rings. The van der Waals surface area contributed by atoms with Gasteiger partial charge in [0.15, 0.2) is 0 Å². The van der Waals surface area contributed by atoms with Gasteiger partial charge in [-0.2, -0.15) is 0 Å². The van der Waals surface area contributed by atoms with Crippen molar-refractivity contribution in [3.8, 4) is 0 Å². The molecule has 0 radical (unpaired) electrons. The highest BCUT2D eigenvalue weighted by molar-refractivity contribution is 5.86. The third kappa shape index (κ3) is 2.23. The zero-order valence-corrected chi connectivity index (χ0v) is 11.3. The highest BCUT2D eigenvalue weighted by atomic mass is 16.5. The van der Waals surface area contributed by atoms with Gasteiger partial charge in [0.05, 0.1) is 7.11 Å². The number of carbonyl (C=O) groups excluding carboxylic acids is 1.